The minimum Gasteiger partial charge on any atom is -0.486 e. The zero-order valence-electron chi connectivity index (χ0n) is 10.0. The molecule has 1 heterocycles. The van der Waals surface area contributed by atoms with Gasteiger partial charge in [-0.15, -0.1) is 0 Å². The monoisotopic (exact) mass is 313 g/mol. The first-order chi connectivity index (χ1) is 9.49. The van der Waals surface area contributed by atoms with Crippen LogP contribution < -0.4 is 10.5 Å². The Kier molecular flexibility index (Phi) is 4.26. The van der Waals surface area contributed by atoms with Gasteiger partial charge in [0.2, 0.25) is 0 Å². The molecule has 20 heavy (non-hydrogen) atoms. The molecule has 2 rings (SSSR count). The van der Waals surface area contributed by atoms with E-state index in [-0.39, 0.29) is 28.1 Å². The van der Waals surface area contributed by atoms with Crippen molar-refractivity contribution < 1.29 is 9.66 Å². The number of nitro groups is 1. The second-order valence-corrected chi connectivity index (χ2v) is 4.65. The van der Waals surface area contributed by atoms with Crippen LogP contribution in [0.4, 0.5) is 11.5 Å². The number of hydrogen-bond donors (Lipinski definition) is 1. The molecule has 2 N–H and O–H groups in total. The zero-order valence-corrected chi connectivity index (χ0v) is 11.6. The van der Waals surface area contributed by atoms with Crippen LogP contribution in [-0.4, -0.2) is 9.91 Å². The highest BCUT2D eigenvalue weighted by Gasteiger charge is 2.16. The summed E-state index contributed by atoms with van der Waals surface area (Å²) in [7, 11) is 0. The van der Waals surface area contributed by atoms with Crippen molar-refractivity contribution in [1.82, 2.24) is 4.98 Å². The molecule has 0 aliphatic carbocycles. The van der Waals surface area contributed by atoms with Gasteiger partial charge in [-0.1, -0.05) is 29.3 Å². The third kappa shape index (κ3) is 3.09. The zero-order chi connectivity index (χ0) is 14.7. The van der Waals surface area contributed by atoms with Gasteiger partial charge in [0.05, 0.1) is 15.0 Å². The SMILES string of the molecule is Nc1ncccc1COc1c(Cl)cc([N+](=O)[O-])cc1Cl. The van der Waals surface area contributed by atoms with Crippen molar-refractivity contribution in [2.75, 3.05) is 5.73 Å². The molecular formula is C12H9Cl2N3O3. The summed E-state index contributed by atoms with van der Waals surface area (Å²) in [6.07, 6.45) is 1.56. The smallest absolute Gasteiger partial charge is 0.272 e. The number of nitrogens with zero attached hydrogens (tertiary/aromatic N) is 2. The van der Waals surface area contributed by atoms with E-state index in [9.17, 15) is 10.1 Å². The molecule has 0 saturated heterocycles. The molecule has 0 radical (unpaired) electrons. The fourth-order valence-electron chi connectivity index (χ4n) is 1.51. The van der Waals surface area contributed by atoms with E-state index in [0.29, 0.717) is 11.4 Å². The average Bonchev–Trinajstić information content (AvgIpc) is 2.39. The molecule has 0 spiro atoms. The molecular weight excluding hydrogens is 305 g/mol. The molecule has 0 bridgehead atoms. The normalized spacial score (nSPS) is 10.3. The average molecular weight is 314 g/mol. The van der Waals surface area contributed by atoms with Crippen LogP contribution in [0.5, 0.6) is 5.75 Å². The van der Waals surface area contributed by atoms with Crippen LogP contribution >= 0.6 is 23.2 Å². The lowest BCUT2D eigenvalue weighted by Gasteiger charge is -2.10. The lowest BCUT2D eigenvalue weighted by Crippen LogP contribution is -2.02. The number of benzene rings is 1. The highest BCUT2D eigenvalue weighted by Crippen LogP contribution is 2.37. The Bertz CT molecular complexity index is 641. The summed E-state index contributed by atoms with van der Waals surface area (Å²) in [5.41, 5.74) is 6.14. The molecule has 2 aromatic rings. The highest BCUT2D eigenvalue weighted by molar-refractivity contribution is 6.37. The first-order valence-corrected chi connectivity index (χ1v) is 6.20. The summed E-state index contributed by atoms with van der Waals surface area (Å²) in [4.78, 5) is 14.0. The van der Waals surface area contributed by atoms with E-state index in [2.05, 4.69) is 4.98 Å². The van der Waals surface area contributed by atoms with Gasteiger partial charge in [0, 0.05) is 23.9 Å². The topological polar surface area (TPSA) is 91.3 Å². The molecule has 1 aromatic carbocycles. The Morgan fingerprint density at radius 1 is 1.35 bits per heavy atom. The van der Waals surface area contributed by atoms with Crippen LogP contribution in [-0.2, 0) is 6.61 Å². The van der Waals surface area contributed by atoms with E-state index in [4.69, 9.17) is 33.7 Å². The number of aromatic nitrogens is 1. The number of halogens is 2. The first-order valence-electron chi connectivity index (χ1n) is 5.44. The predicted molar refractivity (Wildman–Crippen MR) is 76.1 cm³/mol. The van der Waals surface area contributed by atoms with Gasteiger partial charge in [-0.2, -0.15) is 0 Å². The van der Waals surface area contributed by atoms with E-state index in [1.807, 2.05) is 0 Å². The maximum Gasteiger partial charge on any atom is 0.272 e. The third-order valence-corrected chi connectivity index (χ3v) is 3.05. The fraction of sp³-hybridized carbons (Fsp3) is 0.0833. The van der Waals surface area contributed by atoms with E-state index in [0.717, 1.165) is 0 Å². The molecule has 0 aliphatic rings. The molecule has 0 aliphatic heterocycles. The number of pyridine rings is 1. The van der Waals surface area contributed by atoms with Gasteiger partial charge < -0.3 is 10.5 Å². The Morgan fingerprint density at radius 2 is 2.00 bits per heavy atom. The molecule has 6 nitrogen and oxygen atoms in total. The van der Waals surface area contributed by atoms with Gasteiger partial charge in [-0.25, -0.2) is 4.98 Å². The molecule has 0 amide bonds. The van der Waals surface area contributed by atoms with E-state index >= 15 is 0 Å². The highest BCUT2D eigenvalue weighted by atomic mass is 35.5. The standard InChI is InChI=1S/C12H9Cl2N3O3/c13-9-4-8(17(18)19)5-10(14)11(9)20-6-7-2-1-3-16-12(7)15/h1-5H,6H2,(H2,15,16). The van der Waals surface area contributed by atoms with Gasteiger partial charge in [-0.3, -0.25) is 10.1 Å². The van der Waals surface area contributed by atoms with Crippen molar-refractivity contribution in [2.24, 2.45) is 0 Å². The maximum absolute atomic E-state index is 10.7. The second-order valence-electron chi connectivity index (χ2n) is 3.83. The van der Waals surface area contributed by atoms with E-state index < -0.39 is 4.92 Å². The number of nitrogens with two attached hydrogens (primary N) is 1. The summed E-state index contributed by atoms with van der Waals surface area (Å²) in [5.74, 6) is 0.504. The summed E-state index contributed by atoms with van der Waals surface area (Å²) in [6, 6.07) is 5.81. The number of nitrogen functional groups attached to an aromatic ring is 1. The molecule has 1 aromatic heterocycles. The predicted octanol–water partition coefficient (Wildman–Crippen LogP) is 3.46. The van der Waals surface area contributed by atoms with Crippen molar-refractivity contribution in [3.8, 4) is 5.75 Å². The molecule has 0 unspecified atom stereocenters. The Labute approximate surface area is 124 Å². The second kappa shape index (κ2) is 5.94. The molecule has 8 heteroatoms. The van der Waals surface area contributed by atoms with Crippen LogP contribution in [0.3, 0.4) is 0 Å². The van der Waals surface area contributed by atoms with E-state index in [1.165, 1.54) is 12.1 Å². The largest absolute Gasteiger partial charge is 0.486 e. The maximum atomic E-state index is 10.7. The Hall–Kier alpha value is -2.05. The van der Waals surface area contributed by atoms with Gasteiger partial charge in [0.1, 0.15) is 12.4 Å². The molecule has 0 fully saturated rings. The minimum atomic E-state index is -0.583. The van der Waals surface area contributed by atoms with Gasteiger partial charge in [-0.05, 0) is 6.07 Å². The minimum absolute atomic E-state index is 0.0617. The number of rotatable bonds is 4. The van der Waals surface area contributed by atoms with Gasteiger partial charge in [0.25, 0.3) is 5.69 Å². The van der Waals surface area contributed by atoms with Crippen molar-refractivity contribution in [1.29, 1.82) is 0 Å². The fourth-order valence-corrected chi connectivity index (χ4v) is 2.10. The number of non-ortho nitro benzene ring substituents is 1. The summed E-state index contributed by atoms with van der Waals surface area (Å²) in [5, 5.41) is 10.8. The van der Waals surface area contributed by atoms with E-state index in [1.54, 1.807) is 18.3 Å². The van der Waals surface area contributed by atoms with Crippen molar-refractivity contribution in [2.45, 2.75) is 6.61 Å². The lowest BCUT2D eigenvalue weighted by atomic mass is 10.2. The Morgan fingerprint density at radius 3 is 2.55 bits per heavy atom. The third-order valence-electron chi connectivity index (χ3n) is 2.49. The van der Waals surface area contributed by atoms with Crippen LogP contribution in [0.25, 0.3) is 0 Å². The lowest BCUT2D eigenvalue weighted by molar-refractivity contribution is -0.384. The summed E-state index contributed by atoms with van der Waals surface area (Å²) < 4.78 is 5.46. The number of hydrogen-bond acceptors (Lipinski definition) is 5. The molecule has 104 valence electrons. The van der Waals surface area contributed by atoms with Crippen molar-refractivity contribution >= 4 is 34.7 Å². The molecule has 0 atom stereocenters. The van der Waals surface area contributed by atoms with Gasteiger partial charge >= 0.3 is 0 Å². The van der Waals surface area contributed by atoms with Crippen LogP contribution in [0, 0.1) is 10.1 Å². The quantitative estimate of drug-likeness (QED) is 0.689. The molecule has 0 saturated carbocycles. The first kappa shape index (κ1) is 14.4. The van der Waals surface area contributed by atoms with Crippen LogP contribution in [0.15, 0.2) is 30.5 Å². The number of ether oxygens (including phenoxy) is 1. The van der Waals surface area contributed by atoms with Crippen LogP contribution in [0.1, 0.15) is 5.56 Å². The van der Waals surface area contributed by atoms with Gasteiger partial charge in [0.15, 0.2) is 5.75 Å². The number of nitro benzene ring substituents is 1. The van der Waals surface area contributed by atoms with Crippen LogP contribution in [0.2, 0.25) is 10.0 Å². The van der Waals surface area contributed by atoms with Crippen molar-refractivity contribution in [3.05, 3.63) is 56.2 Å². The number of anilines is 1. The summed E-state index contributed by atoms with van der Waals surface area (Å²) in [6.45, 7) is 0.108. The van der Waals surface area contributed by atoms with Crippen molar-refractivity contribution in [3.63, 3.8) is 0 Å². The summed E-state index contributed by atoms with van der Waals surface area (Å²) >= 11 is 11.8. The Balaban J connectivity index is 2.22.